The molecule has 1 N–H and O–H groups in total. The number of Topliss-reactive ketones (excluding diaryl/α,β-unsaturated/α-hetero) is 1. The predicted molar refractivity (Wildman–Crippen MR) is 140 cm³/mol. The van der Waals surface area contributed by atoms with Crippen LogP contribution in [0, 0.1) is 12.8 Å². The van der Waals surface area contributed by atoms with Gasteiger partial charge in [0, 0.05) is 44.1 Å². The molecule has 1 aliphatic carbocycles. The zero-order valence-corrected chi connectivity index (χ0v) is 21.8. The molecule has 0 bridgehead atoms. The van der Waals surface area contributed by atoms with E-state index in [2.05, 4.69) is 20.4 Å². The first-order chi connectivity index (χ1) is 17.0. The normalized spacial score (nSPS) is 15.0. The van der Waals surface area contributed by atoms with Crippen LogP contribution in [0.25, 0.3) is 11.4 Å². The van der Waals surface area contributed by atoms with Crippen molar-refractivity contribution < 1.29 is 13.2 Å². The van der Waals surface area contributed by atoms with E-state index in [1.807, 2.05) is 25.1 Å². The smallest absolute Gasteiger partial charge is 0.232 e. The van der Waals surface area contributed by atoms with Crippen LogP contribution in [0.4, 0.5) is 22.7 Å². The summed E-state index contributed by atoms with van der Waals surface area (Å²) in [7, 11) is -0.243. The molecule has 3 aromatic rings. The molecule has 1 aromatic carbocycles. The number of aliphatic imine (C=N–C) groups is 1. The van der Waals surface area contributed by atoms with E-state index in [9.17, 15) is 13.2 Å². The van der Waals surface area contributed by atoms with Gasteiger partial charge in [-0.15, -0.1) is 0 Å². The maximum Gasteiger partial charge on any atom is 0.232 e. The second-order valence-electron chi connectivity index (χ2n) is 9.59. The molecule has 1 fully saturated rings. The lowest BCUT2D eigenvalue weighted by Gasteiger charge is -2.22. The Morgan fingerprint density at radius 1 is 1.17 bits per heavy atom. The van der Waals surface area contributed by atoms with Crippen molar-refractivity contribution in [3.63, 3.8) is 0 Å². The van der Waals surface area contributed by atoms with Crippen LogP contribution in [0.15, 0.2) is 29.3 Å². The average Bonchev–Trinajstić information content (AvgIpc) is 3.50. The Morgan fingerprint density at radius 3 is 2.56 bits per heavy atom. The summed E-state index contributed by atoms with van der Waals surface area (Å²) in [6.45, 7) is 3.75. The van der Waals surface area contributed by atoms with E-state index in [0.717, 1.165) is 41.8 Å². The second kappa shape index (κ2) is 8.81. The summed E-state index contributed by atoms with van der Waals surface area (Å²) in [5, 5.41) is 7.70. The molecule has 0 saturated heterocycles. The molecule has 0 unspecified atom stereocenters. The average molecular weight is 508 g/mol. The summed E-state index contributed by atoms with van der Waals surface area (Å²) >= 11 is 0. The van der Waals surface area contributed by atoms with Crippen molar-refractivity contribution in [2.45, 2.75) is 39.5 Å². The van der Waals surface area contributed by atoms with Gasteiger partial charge in [0.05, 0.1) is 34.7 Å². The highest BCUT2D eigenvalue weighted by molar-refractivity contribution is 7.92. The number of benzene rings is 1. The molecule has 1 aliphatic heterocycles. The van der Waals surface area contributed by atoms with Crippen molar-refractivity contribution >= 4 is 44.3 Å². The van der Waals surface area contributed by atoms with Crippen LogP contribution in [0.3, 0.4) is 0 Å². The monoisotopic (exact) mass is 507 g/mol. The van der Waals surface area contributed by atoms with Crippen molar-refractivity contribution in [1.82, 2.24) is 19.7 Å². The number of nitrogens with zero attached hydrogens (tertiary/aromatic N) is 6. The lowest BCUT2D eigenvalue weighted by atomic mass is 10.1. The molecule has 5 rings (SSSR count). The SMILES string of the molecule is CC1=Nc2c(Nc3ccc(-c4nc(C)nn4C)cc3N(C)S(C)(=O)=O)cc(CC(=O)C3CC3)nc2C1. The van der Waals surface area contributed by atoms with Gasteiger partial charge in [-0.25, -0.2) is 18.1 Å². The van der Waals surface area contributed by atoms with Gasteiger partial charge in [0.2, 0.25) is 10.0 Å². The Labute approximate surface area is 210 Å². The Bertz CT molecular complexity index is 1520. The molecule has 36 heavy (non-hydrogen) atoms. The lowest BCUT2D eigenvalue weighted by molar-refractivity contribution is -0.119. The molecular weight excluding hydrogens is 478 g/mol. The number of sulfonamides is 1. The van der Waals surface area contributed by atoms with Crippen molar-refractivity contribution in [1.29, 1.82) is 0 Å². The van der Waals surface area contributed by atoms with Gasteiger partial charge in [0.25, 0.3) is 0 Å². The van der Waals surface area contributed by atoms with E-state index in [1.165, 1.54) is 11.4 Å². The molecule has 10 nitrogen and oxygen atoms in total. The number of carbonyl (C=O) groups excluding carboxylic acids is 1. The summed E-state index contributed by atoms with van der Waals surface area (Å²) in [6, 6.07) is 7.33. The molecule has 1 saturated carbocycles. The van der Waals surface area contributed by atoms with E-state index in [0.29, 0.717) is 40.8 Å². The standard InChI is InChI=1S/C25H29N7O3S/c1-14-10-20-24(26-14)21(12-18(28-20)13-23(33)16-6-7-16)29-19-9-8-17(25-27-15(2)30-31(25)3)11-22(19)32(4)36(5,34)35/h8-9,11-12,16H,6-7,10,13H2,1-5H3,(H,28,29). The van der Waals surface area contributed by atoms with Crippen molar-refractivity contribution in [3.8, 4) is 11.4 Å². The van der Waals surface area contributed by atoms with E-state index in [1.54, 1.807) is 24.7 Å². The number of nitrogens with one attached hydrogen (secondary N) is 1. The third-order valence-corrected chi connectivity index (χ3v) is 7.65. The van der Waals surface area contributed by atoms with Gasteiger partial charge in [-0.2, -0.15) is 5.10 Å². The molecule has 3 heterocycles. The van der Waals surface area contributed by atoms with Crippen molar-refractivity contribution in [2.75, 3.05) is 22.9 Å². The number of hydrogen-bond acceptors (Lipinski definition) is 8. The van der Waals surface area contributed by atoms with Crippen LogP contribution in [0.1, 0.15) is 37.0 Å². The zero-order chi connectivity index (χ0) is 25.8. The van der Waals surface area contributed by atoms with Crippen molar-refractivity contribution in [3.05, 3.63) is 41.5 Å². The predicted octanol–water partition coefficient (Wildman–Crippen LogP) is 3.50. The number of aryl methyl sites for hydroxylation is 2. The first-order valence-corrected chi connectivity index (χ1v) is 13.7. The Hall–Kier alpha value is -3.60. The highest BCUT2D eigenvalue weighted by Crippen LogP contribution is 2.40. The number of rotatable bonds is 8. The fourth-order valence-corrected chi connectivity index (χ4v) is 4.92. The van der Waals surface area contributed by atoms with Gasteiger partial charge < -0.3 is 5.32 Å². The topological polar surface area (TPSA) is 122 Å². The Kier molecular flexibility index (Phi) is 5.90. The van der Waals surface area contributed by atoms with Gasteiger partial charge in [-0.3, -0.25) is 19.1 Å². The molecule has 2 aromatic heterocycles. The summed E-state index contributed by atoms with van der Waals surface area (Å²) in [5.41, 5.74) is 5.64. The van der Waals surface area contributed by atoms with Gasteiger partial charge in [0.1, 0.15) is 17.3 Å². The maximum absolute atomic E-state index is 12.5. The van der Waals surface area contributed by atoms with Crippen LogP contribution in [0.2, 0.25) is 0 Å². The van der Waals surface area contributed by atoms with E-state index in [-0.39, 0.29) is 18.1 Å². The molecular formula is C25H29N7O3S. The number of anilines is 3. The van der Waals surface area contributed by atoms with Crippen LogP contribution in [0.5, 0.6) is 0 Å². The number of fused-ring (bicyclic) bond motifs is 1. The number of hydrogen-bond donors (Lipinski definition) is 1. The molecule has 0 atom stereocenters. The van der Waals surface area contributed by atoms with Gasteiger partial charge in [-0.05, 0) is 51.0 Å². The van der Waals surface area contributed by atoms with Crippen LogP contribution in [-0.2, 0) is 34.7 Å². The quantitative estimate of drug-likeness (QED) is 0.495. The van der Waals surface area contributed by atoms with E-state index in [4.69, 9.17) is 4.98 Å². The molecule has 0 radical (unpaired) electrons. The maximum atomic E-state index is 12.5. The largest absolute Gasteiger partial charge is 0.352 e. The minimum atomic E-state index is -3.56. The number of carbonyl (C=O) groups is 1. The lowest BCUT2D eigenvalue weighted by Crippen LogP contribution is -2.25. The van der Waals surface area contributed by atoms with Crippen molar-refractivity contribution in [2.24, 2.45) is 18.0 Å². The number of aromatic nitrogens is 4. The molecule has 0 spiro atoms. The summed E-state index contributed by atoms with van der Waals surface area (Å²) in [4.78, 5) is 26.4. The number of pyridine rings is 1. The van der Waals surface area contributed by atoms with E-state index >= 15 is 0 Å². The van der Waals surface area contributed by atoms with Crippen LogP contribution >= 0.6 is 0 Å². The highest BCUT2D eigenvalue weighted by atomic mass is 32.2. The Balaban J connectivity index is 1.58. The fraction of sp³-hybridized carbons (Fsp3) is 0.400. The minimum Gasteiger partial charge on any atom is -0.352 e. The van der Waals surface area contributed by atoms with Gasteiger partial charge >= 0.3 is 0 Å². The summed E-state index contributed by atoms with van der Waals surface area (Å²) < 4.78 is 27.9. The highest BCUT2D eigenvalue weighted by Gasteiger charge is 2.30. The van der Waals surface area contributed by atoms with Gasteiger partial charge in [0.15, 0.2) is 5.82 Å². The molecule has 11 heteroatoms. The van der Waals surface area contributed by atoms with E-state index < -0.39 is 10.0 Å². The summed E-state index contributed by atoms with van der Waals surface area (Å²) in [5.74, 6) is 1.63. The third-order valence-electron chi connectivity index (χ3n) is 6.46. The van der Waals surface area contributed by atoms with Crippen LogP contribution < -0.4 is 9.62 Å². The fourth-order valence-electron chi connectivity index (χ4n) is 4.41. The zero-order valence-electron chi connectivity index (χ0n) is 21.0. The minimum absolute atomic E-state index is 0.154. The first kappa shape index (κ1) is 24.1. The first-order valence-electron chi connectivity index (χ1n) is 11.8. The third kappa shape index (κ3) is 4.75. The molecule has 188 valence electrons. The van der Waals surface area contributed by atoms with Gasteiger partial charge in [-0.1, -0.05) is 0 Å². The second-order valence-corrected chi connectivity index (χ2v) is 11.6. The summed E-state index contributed by atoms with van der Waals surface area (Å²) in [6.07, 6.45) is 3.98. The Morgan fingerprint density at radius 2 is 1.92 bits per heavy atom. The molecule has 2 aliphatic rings. The molecule has 0 amide bonds. The number of ketones is 1. The van der Waals surface area contributed by atoms with Crippen LogP contribution in [-0.4, -0.2) is 53.0 Å².